The SMILES string of the molecule is CC(NCC(C(C)C)C(C)C)c1cc2ccccc2o1. The molecule has 2 nitrogen and oxygen atoms in total. The summed E-state index contributed by atoms with van der Waals surface area (Å²) in [7, 11) is 0. The zero-order valence-corrected chi connectivity index (χ0v) is 13.3. The summed E-state index contributed by atoms with van der Waals surface area (Å²) >= 11 is 0. The number of hydrogen-bond donors (Lipinski definition) is 1. The van der Waals surface area contributed by atoms with Gasteiger partial charge in [0.25, 0.3) is 0 Å². The van der Waals surface area contributed by atoms with Crippen LogP contribution in [0.4, 0.5) is 0 Å². The topological polar surface area (TPSA) is 25.2 Å². The molecule has 0 saturated carbocycles. The predicted molar refractivity (Wildman–Crippen MR) is 85.8 cm³/mol. The largest absolute Gasteiger partial charge is 0.459 e. The van der Waals surface area contributed by atoms with Crippen LogP contribution < -0.4 is 5.32 Å². The lowest BCUT2D eigenvalue weighted by Gasteiger charge is -2.26. The molecule has 0 aliphatic carbocycles. The van der Waals surface area contributed by atoms with E-state index in [0.29, 0.717) is 17.8 Å². The highest BCUT2D eigenvalue weighted by Gasteiger charge is 2.19. The molecule has 1 unspecified atom stereocenters. The van der Waals surface area contributed by atoms with Gasteiger partial charge in [0.05, 0.1) is 6.04 Å². The average molecular weight is 273 g/mol. The van der Waals surface area contributed by atoms with Crippen molar-refractivity contribution in [1.29, 1.82) is 0 Å². The second-order valence-electron chi connectivity index (χ2n) is 6.47. The van der Waals surface area contributed by atoms with E-state index in [1.165, 1.54) is 5.39 Å². The van der Waals surface area contributed by atoms with E-state index in [1.807, 2.05) is 18.2 Å². The lowest BCUT2D eigenvalue weighted by atomic mass is 9.85. The van der Waals surface area contributed by atoms with E-state index in [4.69, 9.17) is 4.42 Å². The van der Waals surface area contributed by atoms with Gasteiger partial charge in [-0.25, -0.2) is 0 Å². The summed E-state index contributed by atoms with van der Waals surface area (Å²) in [5, 5.41) is 4.81. The van der Waals surface area contributed by atoms with Crippen molar-refractivity contribution in [3.8, 4) is 0 Å². The molecular weight excluding hydrogens is 246 g/mol. The first-order valence-electron chi connectivity index (χ1n) is 7.71. The Bertz CT molecular complexity index is 500. The molecular formula is C18H27NO. The van der Waals surface area contributed by atoms with E-state index >= 15 is 0 Å². The van der Waals surface area contributed by atoms with Gasteiger partial charge in [0.1, 0.15) is 11.3 Å². The molecule has 1 aromatic carbocycles. The van der Waals surface area contributed by atoms with Crippen LogP contribution >= 0.6 is 0 Å². The quantitative estimate of drug-likeness (QED) is 0.800. The Morgan fingerprint density at radius 3 is 2.25 bits per heavy atom. The number of hydrogen-bond acceptors (Lipinski definition) is 2. The fraction of sp³-hybridized carbons (Fsp3) is 0.556. The summed E-state index contributed by atoms with van der Waals surface area (Å²) < 4.78 is 5.92. The van der Waals surface area contributed by atoms with Crippen molar-refractivity contribution in [3.05, 3.63) is 36.1 Å². The molecule has 0 aliphatic rings. The minimum atomic E-state index is 0.252. The third kappa shape index (κ3) is 3.43. The Morgan fingerprint density at radius 1 is 1.00 bits per heavy atom. The van der Waals surface area contributed by atoms with Crippen LogP contribution in [0.5, 0.6) is 0 Å². The number of furan rings is 1. The number of rotatable bonds is 6. The van der Waals surface area contributed by atoms with E-state index in [2.05, 4.69) is 52.1 Å². The summed E-state index contributed by atoms with van der Waals surface area (Å²) in [6.45, 7) is 12.4. The van der Waals surface area contributed by atoms with Crippen molar-refractivity contribution in [2.24, 2.45) is 17.8 Å². The molecule has 20 heavy (non-hydrogen) atoms. The third-order valence-corrected chi connectivity index (χ3v) is 4.24. The summed E-state index contributed by atoms with van der Waals surface area (Å²) in [5.41, 5.74) is 0.973. The Morgan fingerprint density at radius 2 is 1.65 bits per heavy atom. The van der Waals surface area contributed by atoms with Crippen molar-refractivity contribution in [3.63, 3.8) is 0 Å². The summed E-state index contributed by atoms with van der Waals surface area (Å²) in [4.78, 5) is 0. The van der Waals surface area contributed by atoms with Crippen LogP contribution in [-0.4, -0.2) is 6.54 Å². The van der Waals surface area contributed by atoms with Gasteiger partial charge in [0.15, 0.2) is 0 Å². The molecule has 0 fully saturated rings. The minimum absolute atomic E-state index is 0.252. The summed E-state index contributed by atoms with van der Waals surface area (Å²) in [6, 6.07) is 10.6. The molecule has 2 rings (SSSR count). The van der Waals surface area contributed by atoms with Crippen LogP contribution in [0.25, 0.3) is 11.0 Å². The van der Waals surface area contributed by atoms with Crippen molar-refractivity contribution < 1.29 is 4.42 Å². The lowest BCUT2D eigenvalue weighted by Crippen LogP contribution is -2.31. The number of para-hydroxylation sites is 1. The molecule has 1 aromatic heterocycles. The monoisotopic (exact) mass is 273 g/mol. The van der Waals surface area contributed by atoms with Gasteiger partial charge in [-0.3, -0.25) is 0 Å². The predicted octanol–water partition coefficient (Wildman–Crippen LogP) is 5.01. The highest BCUT2D eigenvalue weighted by molar-refractivity contribution is 5.77. The molecule has 1 atom stereocenters. The highest BCUT2D eigenvalue weighted by atomic mass is 16.3. The molecule has 0 saturated heterocycles. The lowest BCUT2D eigenvalue weighted by molar-refractivity contribution is 0.263. The zero-order valence-electron chi connectivity index (χ0n) is 13.3. The van der Waals surface area contributed by atoms with Crippen LogP contribution in [0.3, 0.4) is 0 Å². The second kappa shape index (κ2) is 6.45. The van der Waals surface area contributed by atoms with Gasteiger partial charge in [0, 0.05) is 5.39 Å². The van der Waals surface area contributed by atoms with Gasteiger partial charge >= 0.3 is 0 Å². The summed E-state index contributed by atoms with van der Waals surface area (Å²) in [6.07, 6.45) is 0. The average Bonchev–Trinajstić information content (AvgIpc) is 2.81. The summed E-state index contributed by atoms with van der Waals surface area (Å²) in [5.74, 6) is 3.12. The van der Waals surface area contributed by atoms with Gasteiger partial charge in [-0.05, 0) is 43.4 Å². The molecule has 0 amide bonds. The highest BCUT2D eigenvalue weighted by Crippen LogP contribution is 2.25. The molecule has 110 valence electrons. The maximum Gasteiger partial charge on any atom is 0.134 e. The molecule has 0 aliphatic heterocycles. The van der Waals surface area contributed by atoms with Gasteiger partial charge in [0.2, 0.25) is 0 Å². The van der Waals surface area contributed by atoms with Gasteiger partial charge < -0.3 is 9.73 Å². The van der Waals surface area contributed by atoms with Crippen molar-refractivity contribution in [1.82, 2.24) is 5.32 Å². The third-order valence-electron chi connectivity index (χ3n) is 4.24. The van der Waals surface area contributed by atoms with Gasteiger partial charge in [-0.1, -0.05) is 45.9 Å². The Labute approximate surface area is 122 Å². The van der Waals surface area contributed by atoms with Crippen molar-refractivity contribution in [2.45, 2.75) is 40.7 Å². The molecule has 2 heteroatoms. The van der Waals surface area contributed by atoms with Gasteiger partial charge in [-0.2, -0.15) is 0 Å². The van der Waals surface area contributed by atoms with Crippen LogP contribution in [-0.2, 0) is 0 Å². The van der Waals surface area contributed by atoms with E-state index in [-0.39, 0.29) is 6.04 Å². The van der Waals surface area contributed by atoms with Gasteiger partial charge in [-0.15, -0.1) is 0 Å². The van der Waals surface area contributed by atoms with Crippen LogP contribution in [0.1, 0.15) is 46.4 Å². The number of benzene rings is 1. The first-order chi connectivity index (χ1) is 9.49. The smallest absolute Gasteiger partial charge is 0.134 e. The Balaban J connectivity index is 2.02. The van der Waals surface area contributed by atoms with Crippen molar-refractivity contribution >= 4 is 11.0 Å². The normalized spacial score (nSPS) is 13.8. The van der Waals surface area contributed by atoms with E-state index in [0.717, 1.165) is 17.9 Å². The second-order valence-corrected chi connectivity index (χ2v) is 6.47. The molecule has 0 radical (unpaired) electrons. The van der Waals surface area contributed by atoms with Crippen LogP contribution in [0, 0.1) is 17.8 Å². The van der Waals surface area contributed by atoms with Crippen molar-refractivity contribution in [2.75, 3.05) is 6.54 Å². The molecule has 1 N–H and O–H groups in total. The molecule has 1 heterocycles. The standard InChI is InChI=1S/C18H27NO/c1-12(2)16(13(3)4)11-19-14(5)18-10-15-8-6-7-9-17(15)20-18/h6-10,12-14,16,19H,11H2,1-5H3. The fourth-order valence-corrected chi connectivity index (χ4v) is 2.87. The first-order valence-corrected chi connectivity index (χ1v) is 7.71. The zero-order chi connectivity index (χ0) is 14.7. The van der Waals surface area contributed by atoms with E-state index in [9.17, 15) is 0 Å². The Kier molecular flexibility index (Phi) is 4.87. The molecule has 0 bridgehead atoms. The Hall–Kier alpha value is -1.28. The fourth-order valence-electron chi connectivity index (χ4n) is 2.87. The molecule has 0 spiro atoms. The maximum atomic E-state index is 5.92. The number of fused-ring (bicyclic) bond motifs is 1. The number of nitrogens with one attached hydrogen (secondary N) is 1. The maximum absolute atomic E-state index is 5.92. The van der Waals surface area contributed by atoms with Crippen LogP contribution in [0.2, 0.25) is 0 Å². The van der Waals surface area contributed by atoms with E-state index in [1.54, 1.807) is 0 Å². The van der Waals surface area contributed by atoms with Crippen LogP contribution in [0.15, 0.2) is 34.7 Å². The van der Waals surface area contributed by atoms with E-state index < -0.39 is 0 Å². The first kappa shape index (κ1) is 15.1. The molecule has 2 aromatic rings. The minimum Gasteiger partial charge on any atom is -0.459 e.